The van der Waals surface area contributed by atoms with Gasteiger partial charge in [0.15, 0.2) is 0 Å². The molecule has 1 aliphatic heterocycles. The number of hydrogen-bond donors (Lipinski definition) is 1. The van der Waals surface area contributed by atoms with Crippen molar-refractivity contribution < 1.29 is 0 Å². The Morgan fingerprint density at radius 3 is 2.50 bits per heavy atom. The third kappa shape index (κ3) is 2.34. The monoisotopic (exact) mass is 252 g/mol. The molecule has 18 heavy (non-hydrogen) atoms. The summed E-state index contributed by atoms with van der Waals surface area (Å²) < 4.78 is 0. The van der Waals surface area contributed by atoms with Crippen LogP contribution in [0.3, 0.4) is 0 Å². The quantitative estimate of drug-likeness (QED) is 0.835. The Morgan fingerprint density at radius 1 is 1.28 bits per heavy atom. The van der Waals surface area contributed by atoms with E-state index in [1.807, 2.05) is 0 Å². The molecule has 2 fully saturated rings. The van der Waals surface area contributed by atoms with Gasteiger partial charge in [0.05, 0.1) is 0 Å². The van der Waals surface area contributed by atoms with Gasteiger partial charge in [0, 0.05) is 24.7 Å². The molecule has 0 aromatic carbocycles. The molecule has 0 aromatic heterocycles. The van der Waals surface area contributed by atoms with Gasteiger partial charge in [-0.25, -0.2) is 0 Å². The first-order valence-electron chi connectivity index (χ1n) is 7.98. The SMILES string of the molecule is CC1CC(C)N(C2(CN)CCCCC2C(C)C)C1. The summed E-state index contributed by atoms with van der Waals surface area (Å²) in [5.74, 6) is 2.40. The molecule has 0 aromatic rings. The van der Waals surface area contributed by atoms with Gasteiger partial charge in [0.1, 0.15) is 0 Å². The average molecular weight is 252 g/mol. The Bertz CT molecular complexity index is 276. The summed E-state index contributed by atoms with van der Waals surface area (Å²) in [5, 5.41) is 0. The van der Waals surface area contributed by atoms with Gasteiger partial charge in [0.25, 0.3) is 0 Å². The Hall–Kier alpha value is -0.0800. The lowest BCUT2D eigenvalue weighted by Crippen LogP contribution is -2.62. The van der Waals surface area contributed by atoms with Crippen molar-refractivity contribution in [3.05, 3.63) is 0 Å². The van der Waals surface area contributed by atoms with Crippen LogP contribution in [0.25, 0.3) is 0 Å². The molecule has 0 amide bonds. The molecule has 0 bridgehead atoms. The van der Waals surface area contributed by atoms with Crippen molar-refractivity contribution >= 4 is 0 Å². The lowest BCUT2D eigenvalue weighted by Gasteiger charge is -2.53. The Kier molecular flexibility index (Phi) is 4.38. The van der Waals surface area contributed by atoms with Crippen LogP contribution in [0.15, 0.2) is 0 Å². The molecule has 1 heterocycles. The van der Waals surface area contributed by atoms with Gasteiger partial charge in [-0.15, -0.1) is 0 Å². The Morgan fingerprint density at radius 2 is 2.00 bits per heavy atom. The number of nitrogens with zero attached hydrogens (tertiary/aromatic N) is 1. The highest BCUT2D eigenvalue weighted by molar-refractivity contribution is 5.04. The fraction of sp³-hybridized carbons (Fsp3) is 1.00. The highest BCUT2D eigenvalue weighted by Gasteiger charge is 2.48. The molecule has 4 atom stereocenters. The van der Waals surface area contributed by atoms with E-state index in [4.69, 9.17) is 5.73 Å². The van der Waals surface area contributed by atoms with E-state index in [9.17, 15) is 0 Å². The zero-order valence-electron chi connectivity index (χ0n) is 12.8. The summed E-state index contributed by atoms with van der Waals surface area (Å²) in [7, 11) is 0. The second-order valence-corrected chi connectivity index (χ2v) is 7.25. The van der Waals surface area contributed by atoms with Gasteiger partial charge in [-0.3, -0.25) is 4.90 Å². The Labute approximate surface area is 113 Å². The number of rotatable bonds is 3. The summed E-state index contributed by atoms with van der Waals surface area (Å²) in [5.41, 5.74) is 6.61. The topological polar surface area (TPSA) is 29.3 Å². The van der Waals surface area contributed by atoms with E-state index in [-0.39, 0.29) is 0 Å². The van der Waals surface area contributed by atoms with Crippen molar-refractivity contribution in [1.82, 2.24) is 4.90 Å². The predicted molar refractivity (Wildman–Crippen MR) is 78.5 cm³/mol. The fourth-order valence-corrected chi connectivity index (χ4v) is 4.85. The molecule has 0 spiro atoms. The van der Waals surface area contributed by atoms with E-state index in [2.05, 4.69) is 32.6 Å². The predicted octanol–water partition coefficient (Wildman–Crippen LogP) is 3.26. The molecule has 2 nitrogen and oxygen atoms in total. The third-order valence-electron chi connectivity index (χ3n) is 5.58. The number of hydrogen-bond acceptors (Lipinski definition) is 2. The second kappa shape index (κ2) is 5.50. The van der Waals surface area contributed by atoms with Crippen LogP contribution in [0, 0.1) is 17.8 Å². The smallest absolute Gasteiger partial charge is 0.0365 e. The van der Waals surface area contributed by atoms with Crippen LogP contribution < -0.4 is 5.73 Å². The zero-order valence-corrected chi connectivity index (χ0v) is 12.8. The molecule has 4 unspecified atom stereocenters. The minimum atomic E-state index is 0.302. The standard InChI is InChI=1S/C16H32N2/c1-12(2)15-7-5-6-8-16(15,11-17)18-10-13(3)9-14(18)4/h12-15H,5-11,17H2,1-4H3. The molecule has 0 radical (unpaired) electrons. The second-order valence-electron chi connectivity index (χ2n) is 7.25. The van der Waals surface area contributed by atoms with Crippen molar-refractivity contribution in [3.8, 4) is 0 Å². The molecule has 2 rings (SSSR count). The van der Waals surface area contributed by atoms with Gasteiger partial charge < -0.3 is 5.73 Å². The van der Waals surface area contributed by atoms with Gasteiger partial charge in [-0.1, -0.05) is 33.6 Å². The van der Waals surface area contributed by atoms with Crippen LogP contribution in [-0.4, -0.2) is 29.6 Å². The first-order valence-corrected chi connectivity index (χ1v) is 7.98. The van der Waals surface area contributed by atoms with Crippen molar-refractivity contribution in [2.75, 3.05) is 13.1 Å². The van der Waals surface area contributed by atoms with Crippen molar-refractivity contribution in [2.45, 2.75) is 71.4 Å². The van der Waals surface area contributed by atoms with Crippen LogP contribution in [-0.2, 0) is 0 Å². The minimum Gasteiger partial charge on any atom is -0.329 e. The van der Waals surface area contributed by atoms with E-state index >= 15 is 0 Å². The summed E-state index contributed by atoms with van der Waals surface area (Å²) in [6, 6.07) is 0.725. The molecule has 2 heteroatoms. The first-order chi connectivity index (χ1) is 8.51. The third-order valence-corrected chi connectivity index (χ3v) is 5.58. The van der Waals surface area contributed by atoms with Crippen molar-refractivity contribution in [2.24, 2.45) is 23.5 Å². The first kappa shape index (κ1) is 14.3. The molecule has 1 saturated heterocycles. The molecule has 2 aliphatic rings. The van der Waals surface area contributed by atoms with Gasteiger partial charge in [-0.2, -0.15) is 0 Å². The number of likely N-dealkylation sites (tertiary alicyclic amines) is 1. The van der Waals surface area contributed by atoms with E-state index < -0.39 is 0 Å². The number of nitrogens with two attached hydrogens (primary N) is 1. The fourth-order valence-electron chi connectivity index (χ4n) is 4.85. The lowest BCUT2D eigenvalue weighted by molar-refractivity contribution is -0.0197. The molecular formula is C16H32N2. The van der Waals surface area contributed by atoms with Gasteiger partial charge in [-0.05, 0) is 43.9 Å². The van der Waals surface area contributed by atoms with Gasteiger partial charge in [0.2, 0.25) is 0 Å². The van der Waals surface area contributed by atoms with Crippen LogP contribution in [0.4, 0.5) is 0 Å². The maximum Gasteiger partial charge on any atom is 0.0365 e. The molecule has 2 N–H and O–H groups in total. The summed E-state index contributed by atoms with van der Waals surface area (Å²) >= 11 is 0. The van der Waals surface area contributed by atoms with E-state index in [0.29, 0.717) is 5.54 Å². The lowest BCUT2D eigenvalue weighted by atomic mass is 9.66. The highest BCUT2D eigenvalue weighted by atomic mass is 15.3. The maximum atomic E-state index is 6.31. The highest BCUT2D eigenvalue weighted by Crippen LogP contribution is 2.45. The van der Waals surface area contributed by atoms with Crippen LogP contribution in [0.5, 0.6) is 0 Å². The maximum absolute atomic E-state index is 6.31. The van der Waals surface area contributed by atoms with E-state index in [1.165, 1.54) is 38.6 Å². The minimum absolute atomic E-state index is 0.302. The average Bonchev–Trinajstić information content (AvgIpc) is 2.68. The van der Waals surface area contributed by atoms with Crippen molar-refractivity contribution in [1.29, 1.82) is 0 Å². The molecule has 1 aliphatic carbocycles. The molecule has 1 saturated carbocycles. The van der Waals surface area contributed by atoms with Crippen molar-refractivity contribution in [3.63, 3.8) is 0 Å². The largest absolute Gasteiger partial charge is 0.329 e. The molecule has 106 valence electrons. The summed E-state index contributed by atoms with van der Waals surface area (Å²) in [6.07, 6.45) is 6.84. The summed E-state index contributed by atoms with van der Waals surface area (Å²) in [6.45, 7) is 11.7. The van der Waals surface area contributed by atoms with Crippen LogP contribution in [0.2, 0.25) is 0 Å². The zero-order chi connectivity index (χ0) is 13.3. The summed E-state index contributed by atoms with van der Waals surface area (Å²) in [4.78, 5) is 2.79. The normalized spacial score (nSPS) is 42.7. The molecular weight excluding hydrogens is 220 g/mol. The van der Waals surface area contributed by atoms with E-state index in [0.717, 1.165) is 30.3 Å². The van der Waals surface area contributed by atoms with Crippen LogP contribution >= 0.6 is 0 Å². The van der Waals surface area contributed by atoms with E-state index in [1.54, 1.807) is 0 Å². The Balaban J connectivity index is 2.26. The van der Waals surface area contributed by atoms with Gasteiger partial charge >= 0.3 is 0 Å². The van der Waals surface area contributed by atoms with Crippen LogP contribution in [0.1, 0.15) is 59.8 Å².